The van der Waals surface area contributed by atoms with E-state index in [1.54, 1.807) is 0 Å². The molecule has 0 radical (unpaired) electrons. The van der Waals surface area contributed by atoms with Gasteiger partial charge in [-0.1, -0.05) is 0 Å². The number of thiazole rings is 1. The van der Waals surface area contributed by atoms with Gasteiger partial charge >= 0.3 is 12.1 Å². The molecule has 1 rings (SSSR count). The van der Waals surface area contributed by atoms with E-state index in [-0.39, 0.29) is 31.6 Å². The van der Waals surface area contributed by atoms with Gasteiger partial charge in [0.1, 0.15) is 5.01 Å². The van der Waals surface area contributed by atoms with E-state index in [1.165, 1.54) is 12.3 Å². The van der Waals surface area contributed by atoms with E-state index in [0.717, 1.165) is 4.90 Å². The second-order valence-corrected chi connectivity index (χ2v) is 6.54. The highest BCUT2D eigenvalue weighted by molar-refractivity contribution is 7.09. The number of aryl methyl sites for hydroxylation is 1. The van der Waals surface area contributed by atoms with E-state index >= 15 is 0 Å². The van der Waals surface area contributed by atoms with Crippen LogP contribution >= 0.6 is 11.3 Å². The third-order valence-electron chi connectivity index (χ3n) is 3.54. The molecule has 28 heavy (non-hydrogen) atoms. The Morgan fingerprint density at radius 3 is 2.29 bits per heavy atom. The Bertz CT molecular complexity index is 766. The molecule has 1 atom stereocenters. The molecule has 8 nitrogen and oxygen atoms in total. The molecule has 0 saturated carbocycles. The summed E-state index contributed by atoms with van der Waals surface area (Å²) in [4.78, 5) is 28.6. The molecule has 0 unspecified atom stereocenters. The first-order valence-electron chi connectivity index (χ1n) is 7.94. The maximum atomic E-state index is 13.3. The van der Waals surface area contributed by atoms with Gasteiger partial charge in [0.05, 0.1) is 31.4 Å². The Hall–Kier alpha value is -2.70. The number of rotatable bonds is 9. The standard InChI is InChI=1S/C16H17F3N4O4S/c1-11-10-28-14(22-11)15(26,16(17,18)19)8-13(25)27-9-12(24)23(6-2-4-20)7-3-5-21/h10,26H,2-3,6-9H2,1H3/t15-/m1/s1. The van der Waals surface area contributed by atoms with Gasteiger partial charge in [-0.05, 0) is 6.92 Å². The van der Waals surface area contributed by atoms with Gasteiger partial charge in [0.25, 0.3) is 5.91 Å². The molecule has 0 aliphatic carbocycles. The van der Waals surface area contributed by atoms with Crippen LogP contribution in [0.2, 0.25) is 0 Å². The number of ether oxygens (including phenoxy) is 1. The van der Waals surface area contributed by atoms with Gasteiger partial charge in [-0.15, -0.1) is 11.3 Å². The van der Waals surface area contributed by atoms with Crippen LogP contribution in [0.3, 0.4) is 0 Å². The molecule has 1 aromatic heterocycles. The molecule has 0 bridgehead atoms. The third-order valence-corrected chi connectivity index (χ3v) is 4.65. The van der Waals surface area contributed by atoms with Crippen LogP contribution in [0.15, 0.2) is 5.38 Å². The SMILES string of the molecule is Cc1csc([C@](O)(CC(=O)OCC(=O)N(CCC#N)CCC#N)C(F)(F)F)n1. The average Bonchev–Trinajstić information content (AvgIpc) is 3.05. The zero-order valence-corrected chi connectivity index (χ0v) is 15.6. The van der Waals surface area contributed by atoms with Crippen LogP contribution in [0.25, 0.3) is 0 Å². The quantitative estimate of drug-likeness (QED) is 0.606. The number of amides is 1. The number of esters is 1. The van der Waals surface area contributed by atoms with Gasteiger partial charge in [0, 0.05) is 24.2 Å². The van der Waals surface area contributed by atoms with Crippen molar-refractivity contribution in [3.63, 3.8) is 0 Å². The number of nitriles is 2. The summed E-state index contributed by atoms with van der Waals surface area (Å²) < 4.78 is 44.6. The van der Waals surface area contributed by atoms with Crippen molar-refractivity contribution in [2.45, 2.75) is 38.0 Å². The van der Waals surface area contributed by atoms with E-state index in [1.807, 2.05) is 12.1 Å². The van der Waals surface area contributed by atoms with Gasteiger partial charge in [0.2, 0.25) is 5.60 Å². The number of carbonyl (C=O) groups excluding carboxylic acids is 2. The molecule has 0 spiro atoms. The maximum absolute atomic E-state index is 13.3. The summed E-state index contributed by atoms with van der Waals surface area (Å²) in [6.07, 6.45) is -6.70. The number of hydrogen-bond donors (Lipinski definition) is 1. The van der Waals surface area contributed by atoms with Gasteiger partial charge in [-0.2, -0.15) is 23.7 Å². The summed E-state index contributed by atoms with van der Waals surface area (Å²) in [6.45, 7) is 0.532. The van der Waals surface area contributed by atoms with Crippen molar-refractivity contribution in [1.29, 1.82) is 10.5 Å². The van der Waals surface area contributed by atoms with Crippen LogP contribution in [0.5, 0.6) is 0 Å². The van der Waals surface area contributed by atoms with Crippen molar-refractivity contribution < 1.29 is 32.6 Å². The fraction of sp³-hybridized carbons (Fsp3) is 0.562. The van der Waals surface area contributed by atoms with Crippen LogP contribution in [-0.2, 0) is 19.9 Å². The molecule has 0 aliphatic rings. The van der Waals surface area contributed by atoms with Crippen molar-refractivity contribution in [3.05, 3.63) is 16.1 Å². The number of carbonyl (C=O) groups is 2. The molecular formula is C16H17F3N4O4S. The number of aromatic nitrogens is 1. The van der Waals surface area contributed by atoms with Gasteiger partial charge in [-0.25, -0.2) is 4.98 Å². The summed E-state index contributed by atoms with van der Waals surface area (Å²) in [6, 6.07) is 3.63. The Labute approximate surface area is 162 Å². The topological polar surface area (TPSA) is 127 Å². The van der Waals surface area contributed by atoms with Crippen LogP contribution in [0, 0.1) is 29.6 Å². The van der Waals surface area contributed by atoms with Gasteiger partial charge < -0.3 is 14.7 Å². The zero-order chi connectivity index (χ0) is 21.4. The van der Waals surface area contributed by atoms with Crippen molar-refractivity contribution >= 4 is 23.2 Å². The number of nitrogens with zero attached hydrogens (tertiary/aromatic N) is 4. The monoisotopic (exact) mass is 418 g/mol. The molecule has 0 aromatic carbocycles. The number of hydrogen-bond acceptors (Lipinski definition) is 8. The van der Waals surface area contributed by atoms with Crippen LogP contribution in [0.1, 0.15) is 30.0 Å². The highest BCUT2D eigenvalue weighted by atomic mass is 32.1. The van der Waals surface area contributed by atoms with E-state index in [9.17, 15) is 27.9 Å². The molecule has 0 fully saturated rings. The molecular weight excluding hydrogens is 401 g/mol. The highest BCUT2D eigenvalue weighted by Gasteiger charge is 2.58. The van der Waals surface area contributed by atoms with Crippen molar-refractivity contribution in [1.82, 2.24) is 9.88 Å². The lowest BCUT2D eigenvalue weighted by molar-refractivity contribution is -0.269. The summed E-state index contributed by atoms with van der Waals surface area (Å²) in [5.74, 6) is -2.21. The van der Waals surface area contributed by atoms with Crippen molar-refractivity contribution in [2.75, 3.05) is 19.7 Å². The van der Waals surface area contributed by atoms with E-state index in [0.29, 0.717) is 11.3 Å². The van der Waals surface area contributed by atoms with Crippen molar-refractivity contribution in [3.8, 4) is 12.1 Å². The zero-order valence-electron chi connectivity index (χ0n) is 14.8. The third kappa shape index (κ3) is 6.18. The van der Waals surface area contributed by atoms with Crippen LogP contribution in [-0.4, -0.2) is 52.7 Å². The van der Waals surface area contributed by atoms with Crippen LogP contribution < -0.4 is 0 Å². The minimum absolute atomic E-state index is 0.0144. The summed E-state index contributed by atoms with van der Waals surface area (Å²) in [7, 11) is 0. The first-order chi connectivity index (χ1) is 13.0. The molecule has 0 saturated heterocycles. The second-order valence-electron chi connectivity index (χ2n) is 5.69. The van der Waals surface area contributed by atoms with Gasteiger partial charge in [0.15, 0.2) is 6.61 Å². The van der Waals surface area contributed by atoms with Gasteiger partial charge in [-0.3, -0.25) is 9.59 Å². The highest BCUT2D eigenvalue weighted by Crippen LogP contribution is 2.42. The molecule has 1 aromatic rings. The van der Waals surface area contributed by atoms with E-state index in [2.05, 4.69) is 9.72 Å². The molecule has 1 N–H and O–H groups in total. The molecule has 12 heteroatoms. The summed E-state index contributed by atoms with van der Waals surface area (Å²) in [5.41, 5.74) is -3.29. The maximum Gasteiger partial charge on any atom is 0.424 e. The number of aliphatic hydroxyl groups is 1. The minimum Gasteiger partial charge on any atom is -0.455 e. The average molecular weight is 418 g/mol. The first kappa shape index (κ1) is 23.3. The molecule has 1 amide bonds. The summed E-state index contributed by atoms with van der Waals surface area (Å²) in [5, 5.41) is 27.8. The predicted octanol–water partition coefficient (Wildman–Crippen LogP) is 1.79. The normalized spacial score (nSPS) is 13.1. The minimum atomic E-state index is -5.19. The Morgan fingerprint density at radius 1 is 1.29 bits per heavy atom. The van der Waals surface area contributed by atoms with Crippen LogP contribution in [0.4, 0.5) is 13.2 Å². The Morgan fingerprint density at radius 2 is 1.86 bits per heavy atom. The smallest absolute Gasteiger partial charge is 0.424 e. The second kappa shape index (κ2) is 10.0. The fourth-order valence-electron chi connectivity index (χ4n) is 2.07. The molecule has 1 heterocycles. The lowest BCUT2D eigenvalue weighted by Gasteiger charge is -2.27. The predicted molar refractivity (Wildman–Crippen MR) is 89.4 cm³/mol. The molecule has 152 valence electrons. The van der Waals surface area contributed by atoms with Crippen molar-refractivity contribution in [2.24, 2.45) is 0 Å². The lowest BCUT2D eigenvalue weighted by Crippen LogP contribution is -2.45. The fourth-order valence-corrected chi connectivity index (χ4v) is 2.98. The Balaban J connectivity index is 2.78. The van der Waals surface area contributed by atoms with E-state index in [4.69, 9.17) is 10.5 Å². The number of alkyl halides is 3. The Kier molecular flexibility index (Phi) is 8.35. The van der Waals surface area contributed by atoms with E-state index < -0.39 is 41.7 Å². The summed E-state index contributed by atoms with van der Waals surface area (Å²) >= 11 is 0.548. The lowest BCUT2D eigenvalue weighted by atomic mass is 10.00. The largest absolute Gasteiger partial charge is 0.455 e. The number of halogens is 3. The first-order valence-corrected chi connectivity index (χ1v) is 8.82. The molecule has 0 aliphatic heterocycles.